The number of fused-ring (bicyclic) bond motifs is 1. The summed E-state index contributed by atoms with van der Waals surface area (Å²) in [5.41, 5.74) is 4.84. The molecule has 2 aromatic rings. The van der Waals surface area contributed by atoms with Gasteiger partial charge in [0, 0.05) is 82.6 Å². The van der Waals surface area contributed by atoms with Crippen molar-refractivity contribution in [2.45, 2.75) is 58.2 Å². The minimum Gasteiger partial charge on any atom is -0.350 e. The zero-order valence-corrected chi connectivity index (χ0v) is 28.2. The Kier molecular flexibility index (Phi) is 10.1. The maximum atomic E-state index is 14.2. The molecule has 9 heteroatoms. The molecular formula is C37H52N6O3. The lowest BCUT2D eigenvalue weighted by atomic mass is 9.86. The molecule has 9 nitrogen and oxygen atoms in total. The number of hydrogen-bond acceptors (Lipinski definition) is 6. The van der Waals surface area contributed by atoms with Gasteiger partial charge in [-0.25, -0.2) is 0 Å². The highest BCUT2D eigenvalue weighted by Crippen LogP contribution is 2.33. The zero-order chi connectivity index (χ0) is 32.4. The van der Waals surface area contributed by atoms with Crippen LogP contribution >= 0.6 is 0 Å². The van der Waals surface area contributed by atoms with Gasteiger partial charge in [0.15, 0.2) is 0 Å². The number of hydrogen-bond donors (Lipinski definition) is 1. The van der Waals surface area contributed by atoms with Crippen LogP contribution in [0.3, 0.4) is 0 Å². The van der Waals surface area contributed by atoms with Crippen molar-refractivity contribution >= 4 is 17.7 Å². The summed E-state index contributed by atoms with van der Waals surface area (Å²) in [6.45, 7) is 11.6. The number of nitrogens with one attached hydrogen (secondary N) is 1. The lowest BCUT2D eigenvalue weighted by Gasteiger charge is -2.44. The second kappa shape index (κ2) is 14.2. The summed E-state index contributed by atoms with van der Waals surface area (Å²) in [5.74, 6) is 0.646. The Hall–Kier alpha value is -3.27. The lowest BCUT2D eigenvalue weighted by Crippen LogP contribution is -2.63. The molecule has 3 heterocycles. The number of nitrogens with zero attached hydrogens (tertiary/aromatic N) is 5. The van der Waals surface area contributed by atoms with Gasteiger partial charge in [0.2, 0.25) is 5.91 Å². The summed E-state index contributed by atoms with van der Waals surface area (Å²) in [5, 5.41) is 3.45. The molecule has 2 aromatic carbocycles. The van der Waals surface area contributed by atoms with Crippen LogP contribution in [0.2, 0.25) is 0 Å². The van der Waals surface area contributed by atoms with E-state index in [1.165, 1.54) is 11.1 Å². The molecule has 0 radical (unpaired) electrons. The molecule has 3 fully saturated rings. The highest BCUT2D eigenvalue weighted by molar-refractivity contribution is 6.01. The van der Waals surface area contributed by atoms with Gasteiger partial charge in [-0.3, -0.25) is 19.3 Å². The first kappa shape index (κ1) is 32.7. The van der Waals surface area contributed by atoms with Crippen LogP contribution in [-0.4, -0.2) is 127 Å². The average molecular weight is 629 g/mol. The van der Waals surface area contributed by atoms with Gasteiger partial charge in [0.1, 0.15) is 0 Å². The zero-order valence-electron chi connectivity index (χ0n) is 28.2. The molecular weight excluding hydrogens is 576 g/mol. The number of rotatable bonds is 8. The smallest absolute Gasteiger partial charge is 0.254 e. The first-order valence-corrected chi connectivity index (χ1v) is 17.5. The first-order chi connectivity index (χ1) is 22.2. The van der Waals surface area contributed by atoms with E-state index < -0.39 is 0 Å². The molecule has 46 heavy (non-hydrogen) atoms. The highest BCUT2D eigenvalue weighted by atomic mass is 16.2. The SMILES string of the molecule is CCC(CC)[C@@H]1C(=O)N[C@H](C2Cc3ccccc3C2)CN1Cc1ccc(C(=O)N2CCN(C)CC2)cc1C(=O)N1CCN(C)CC1. The molecule has 3 amide bonds. The molecule has 6 rings (SSSR count). The molecule has 0 spiro atoms. The van der Waals surface area contributed by atoms with Crippen molar-refractivity contribution in [1.29, 1.82) is 0 Å². The van der Waals surface area contributed by atoms with Gasteiger partial charge >= 0.3 is 0 Å². The molecule has 1 aliphatic carbocycles. The summed E-state index contributed by atoms with van der Waals surface area (Å²) in [7, 11) is 4.16. The summed E-state index contributed by atoms with van der Waals surface area (Å²) < 4.78 is 0. The third-order valence-corrected chi connectivity index (χ3v) is 11.1. The minimum atomic E-state index is -0.256. The number of piperazine rings is 3. The normalized spacial score (nSPS) is 23.5. The van der Waals surface area contributed by atoms with E-state index in [0.717, 1.165) is 64.0 Å². The van der Waals surface area contributed by atoms with Crippen LogP contribution in [0.25, 0.3) is 0 Å². The van der Waals surface area contributed by atoms with Gasteiger partial charge in [-0.05, 0) is 67.6 Å². The predicted octanol–water partition coefficient (Wildman–Crippen LogP) is 2.98. The van der Waals surface area contributed by atoms with Crippen LogP contribution in [0, 0.1) is 11.8 Å². The topological polar surface area (TPSA) is 79.4 Å². The van der Waals surface area contributed by atoms with Crippen molar-refractivity contribution in [3.05, 3.63) is 70.3 Å². The van der Waals surface area contributed by atoms with Gasteiger partial charge in [0.05, 0.1) is 6.04 Å². The standard InChI is InChI=1S/C37H52N6O3/c1-5-26(6-2)34-35(44)38-33(31-21-27-9-7-8-10-28(27)22-31)25-43(34)24-30-12-11-29(36(45)41-17-13-39(3)14-18-41)23-32(30)37(46)42-19-15-40(4)16-20-42/h7-12,23,26,31,33-34H,5-6,13-22,24-25H2,1-4H3,(H,38,44)/t33-,34+/m0/s1. The third kappa shape index (κ3) is 6.87. The summed E-state index contributed by atoms with van der Waals surface area (Å²) in [6, 6.07) is 14.2. The molecule has 0 unspecified atom stereocenters. The summed E-state index contributed by atoms with van der Waals surface area (Å²) in [4.78, 5) is 52.5. The molecule has 0 aromatic heterocycles. The Morgan fingerprint density at radius 2 is 1.37 bits per heavy atom. The van der Waals surface area contributed by atoms with Crippen LogP contribution in [0.1, 0.15) is 64.1 Å². The first-order valence-electron chi connectivity index (χ1n) is 17.5. The van der Waals surface area contributed by atoms with Crippen molar-refractivity contribution in [2.24, 2.45) is 11.8 Å². The largest absolute Gasteiger partial charge is 0.350 e. The van der Waals surface area contributed by atoms with E-state index in [-0.39, 0.29) is 35.7 Å². The Balaban J connectivity index is 1.30. The number of carbonyl (C=O) groups is 3. The fourth-order valence-electron chi connectivity index (χ4n) is 8.04. The van der Waals surface area contributed by atoms with Crippen LogP contribution in [0.4, 0.5) is 0 Å². The minimum absolute atomic E-state index is 0.0137. The summed E-state index contributed by atoms with van der Waals surface area (Å²) >= 11 is 0. The lowest BCUT2D eigenvalue weighted by molar-refractivity contribution is -0.134. The molecule has 2 atom stereocenters. The van der Waals surface area contributed by atoms with Gasteiger partial charge in [-0.1, -0.05) is 57.0 Å². The van der Waals surface area contributed by atoms with E-state index in [9.17, 15) is 14.4 Å². The van der Waals surface area contributed by atoms with Crippen LogP contribution in [0.5, 0.6) is 0 Å². The van der Waals surface area contributed by atoms with Crippen LogP contribution in [-0.2, 0) is 24.2 Å². The predicted molar refractivity (Wildman–Crippen MR) is 181 cm³/mol. The van der Waals surface area contributed by atoms with Crippen molar-refractivity contribution in [1.82, 2.24) is 29.8 Å². The average Bonchev–Trinajstić information content (AvgIpc) is 3.51. The number of carbonyl (C=O) groups excluding carboxylic acids is 3. The number of amides is 3. The summed E-state index contributed by atoms with van der Waals surface area (Å²) in [6.07, 6.45) is 3.77. The molecule has 3 saturated heterocycles. The molecule has 3 aliphatic heterocycles. The van der Waals surface area contributed by atoms with E-state index in [1.807, 2.05) is 28.0 Å². The van der Waals surface area contributed by atoms with Gasteiger partial charge in [-0.2, -0.15) is 0 Å². The van der Waals surface area contributed by atoms with Crippen molar-refractivity contribution < 1.29 is 14.4 Å². The van der Waals surface area contributed by atoms with Gasteiger partial charge < -0.3 is 24.9 Å². The van der Waals surface area contributed by atoms with Crippen LogP contribution < -0.4 is 5.32 Å². The molecule has 0 saturated carbocycles. The van der Waals surface area contributed by atoms with E-state index in [2.05, 4.69) is 72.2 Å². The fraction of sp³-hybridized carbons (Fsp3) is 0.595. The van der Waals surface area contributed by atoms with Crippen molar-refractivity contribution in [2.75, 3.05) is 73.0 Å². The Bertz CT molecular complexity index is 1380. The van der Waals surface area contributed by atoms with Crippen molar-refractivity contribution in [3.63, 3.8) is 0 Å². The monoisotopic (exact) mass is 628 g/mol. The highest BCUT2D eigenvalue weighted by Gasteiger charge is 2.42. The Morgan fingerprint density at radius 1 is 0.804 bits per heavy atom. The Labute approximate surface area is 274 Å². The third-order valence-electron chi connectivity index (χ3n) is 11.1. The molecule has 4 aliphatic rings. The Morgan fingerprint density at radius 3 is 1.93 bits per heavy atom. The quantitative estimate of drug-likeness (QED) is 0.485. The van der Waals surface area contributed by atoms with Gasteiger partial charge in [0.25, 0.3) is 11.8 Å². The maximum Gasteiger partial charge on any atom is 0.254 e. The number of benzene rings is 2. The van der Waals surface area contributed by atoms with Crippen LogP contribution in [0.15, 0.2) is 42.5 Å². The van der Waals surface area contributed by atoms with Gasteiger partial charge in [-0.15, -0.1) is 0 Å². The molecule has 1 N–H and O–H groups in total. The van der Waals surface area contributed by atoms with E-state index in [4.69, 9.17) is 0 Å². The second-order valence-corrected chi connectivity index (χ2v) is 14.1. The fourth-order valence-corrected chi connectivity index (χ4v) is 8.04. The van der Waals surface area contributed by atoms with E-state index in [1.54, 1.807) is 0 Å². The second-order valence-electron chi connectivity index (χ2n) is 14.1. The molecule has 248 valence electrons. The van der Waals surface area contributed by atoms with Crippen molar-refractivity contribution in [3.8, 4) is 0 Å². The maximum absolute atomic E-state index is 14.2. The van der Waals surface area contributed by atoms with E-state index in [0.29, 0.717) is 49.8 Å². The van der Waals surface area contributed by atoms with E-state index >= 15 is 0 Å². The number of likely N-dealkylation sites (N-methyl/N-ethyl adjacent to an activating group) is 2. The molecule has 0 bridgehead atoms.